The average molecular weight is 343 g/mol. The zero-order chi connectivity index (χ0) is 18.4. The number of methoxy groups -OCH3 is 1. The molecular weight excluding hydrogens is 318 g/mol. The normalized spacial score (nSPS) is 10.6. The molecule has 0 atom stereocenters. The lowest BCUT2D eigenvalue weighted by atomic mass is 10.1. The number of hydrogen-bond acceptors (Lipinski definition) is 4. The molecule has 1 aromatic carbocycles. The van der Waals surface area contributed by atoms with Crippen molar-refractivity contribution >= 4 is 11.9 Å². The highest BCUT2D eigenvalue weighted by molar-refractivity contribution is 5.95. The van der Waals surface area contributed by atoms with Gasteiger partial charge in [-0.3, -0.25) is 9.59 Å². The standard InChI is InChI=1S/C19H25N3O3/c1-5-17-16(19(24)21(3)12-6-7-18(23)25-4)13-20-22(17)15-10-8-14(2)9-11-15/h8-11,13H,5-7,12H2,1-4H3. The molecule has 2 aromatic rings. The minimum absolute atomic E-state index is 0.0833. The van der Waals surface area contributed by atoms with Crippen LogP contribution in [0.3, 0.4) is 0 Å². The summed E-state index contributed by atoms with van der Waals surface area (Å²) in [6, 6.07) is 8.04. The number of aryl methyl sites for hydroxylation is 1. The highest BCUT2D eigenvalue weighted by Crippen LogP contribution is 2.18. The van der Waals surface area contributed by atoms with E-state index in [1.165, 1.54) is 12.7 Å². The van der Waals surface area contributed by atoms with Gasteiger partial charge in [0, 0.05) is 20.0 Å². The second-order valence-electron chi connectivity index (χ2n) is 6.01. The van der Waals surface area contributed by atoms with Gasteiger partial charge in [0.25, 0.3) is 5.91 Å². The maximum absolute atomic E-state index is 12.7. The molecule has 0 saturated heterocycles. The van der Waals surface area contributed by atoms with Crippen LogP contribution >= 0.6 is 0 Å². The van der Waals surface area contributed by atoms with Crippen LogP contribution in [0.25, 0.3) is 5.69 Å². The molecule has 1 heterocycles. The molecule has 134 valence electrons. The number of hydrogen-bond donors (Lipinski definition) is 0. The van der Waals surface area contributed by atoms with E-state index in [4.69, 9.17) is 0 Å². The van der Waals surface area contributed by atoms with Crippen molar-refractivity contribution in [2.45, 2.75) is 33.1 Å². The van der Waals surface area contributed by atoms with Crippen molar-refractivity contribution in [3.05, 3.63) is 47.3 Å². The van der Waals surface area contributed by atoms with Gasteiger partial charge in [-0.25, -0.2) is 4.68 Å². The van der Waals surface area contributed by atoms with Crippen molar-refractivity contribution in [2.24, 2.45) is 0 Å². The van der Waals surface area contributed by atoms with Gasteiger partial charge in [-0.15, -0.1) is 0 Å². The van der Waals surface area contributed by atoms with E-state index >= 15 is 0 Å². The smallest absolute Gasteiger partial charge is 0.305 e. The highest BCUT2D eigenvalue weighted by Gasteiger charge is 2.20. The van der Waals surface area contributed by atoms with E-state index in [9.17, 15) is 9.59 Å². The number of carbonyl (C=O) groups excluding carboxylic acids is 2. The lowest BCUT2D eigenvalue weighted by Crippen LogP contribution is -2.28. The molecule has 0 aliphatic heterocycles. The molecule has 0 bridgehead atoms. The molecule has 0 N–H and O–H groups in total. The molecule has 0 unspecified atom stereocenters. The first-order valence-corrected chi connectivity index (χ1v) is 8.44. The lowest BCUT2D eigenvalue weighted by Gasteiger charge is -2.17. The van der Waals surface area contributed by atoms with E-state index < -0.39 is 0 Å². The van der Waals surface area contributed by atoms with Crippen molar-refractivity contribution in [1.82, 2.24) is 14.7 Å². The molecule has 25 heavy (non-hydrogen) atoms. The van der Waals surface area contributed by atoms with Gasteiger partial charge in [0.2, 0.25) is 0 Å². The topological polar surface area (TPSA) is 64.4 Å². The van der Waals surface area contributed by atoms with Crippen LogP contribution in [-0.2, 0) is 16.0 Å². The molecule has 2 rings (SSSR count). The van der Waals surface area contributed by atoms with Crippen molar-refractivity contribution in [1.29, 1.82) is 0 Å². The number of nitrogens with zero attached hydrogens (tertiary/aromatic N) is 3. The van der Waals surface area contributed by atoms with Gasteiger partial charge in [-0.2, -0.15) is 5.10 Å². The monoisotopic (exact) mass is 343 g/mol. The lowest BCUT2D eigenvalue weighted by molar-refractivity contribution is -0.140. The summed E-state index contributed by atoms with van der Waals surface area (Å²) in [5, 5.41) is 4.41. The van der Waals surface area contributed by atoms with E-state index in [1.54, 1.807) is 18.1 Å². The first-order valence-electron chi connectivity index (χ1n) is 8.44. The number of amides is 1. The molecule has 0 fully saturated rings. The summed E-state index contributed by atoms with van der Waals surface area (Å²) in [6.07, 6.45) is 3.20. The molecule has 1 aromatic heterocycles. The van der Waals surface area contributed by atoms with E-state index in [2.05, 4.69) is 9.84 Å². The number of aromatic nitrogens is 2. The van der Waals surface area contributed by atoms with E-state index in [-0.39, 0.29) is 11.9 Å². The Balaban J connectivity index is 2.14. The molecule has 0 aliphatic carbocycles. The van der Waals surface area contributed by atoms with Crippen molar-refractivity contribution < 1.29 is 14.3 Å². The summed E-state index contributed by atoms with van der Waals surface area (Å²) in [6.45, 7) is 4.54. The van der Waals surface area contributed by atoms with Crippen molar-refractivity contribution in [3.63, 3.8) is 0 Å². The molecule has 0 saturated carbocycles. The largest absolute Gasteiger partial charge is 0.469 e. The first-order chi connectivity index (χ1) is 12.0. The quantitative estimate of drug-likeness (QED) is 0.725. The van der Waals surface area contributed by atoms with Crippen LogP contribution in [0, 0.1) is 6.92 Å². The summed E-state index contributed by atoms with van der Waals surface area (Å²) >= 11 is 0. The summed E-state index contributed by atoms with van der Waals surface area (Å²) in [7, 11) is 3.10. The van der Waals surface area contributed by atoms with Gasteiger partial charge in [0.1, 0.15) is 0 Å². The van der Waals surface area contributed by atoms with Crippen LogP contribution in [0.2, 0.25) is 0 Å². The minimum atomic E-state index is -0.262. The van der Waals surface area contributed by atoms with Gasteiger partial charge in [-0.05, 0) is 31.9 Å². The Morgan fingerprint density at radius 3 is 2.52 bits per heavy atom. The van der Waals surface area contributed by atoms with E-state index in [0.717, 1.165) is 11.4 Å². The molecular formula is C19H25N3O3. The maximum atomic E-state index is 12.7. The van der Waals surface area contributed by atoms with Gasteiger partial charge in [-0.1, -0.05) is 24.6 Å². The number of benzene rings is 1. The molecule has 1 amide bonds. The number of rotatable bonds is 7. The Kier molecular flexibility index (Phi) is 6.33. The molecule has 6 nitrogen and oxygen atoms in total. The van der Waals surface area contributed by atoms with Crippen LogP contribution in [0.4, 0.5) is 0 Å². The number of carbonyl (C=O) groups is 2. The fraction of sp³-hybridized carbons (Fsp3) is 0.421. The Bertz CT molecular complexity index is 735. The minimum Gasteiger partial charge on any atom is -0.469 e. The number of ether oxygens (including phenoxy) is 1. The van der Waals surface area contributed by atoms with Gasteiger partial charge < -0.3 is 9.64 Å². The van der Waals surface area contributed by atoms with Crippen LogP contribution in [0.1, 0.15) is 41.4 Å². The van der Waals surface area contributed by atoms with E-state index in [1.807, 2.05) is 42.8 Å². The summed E-state index contributed by atoms with van der Waals surface area (Å²) < 4.78 is 6.43. The fourth-order valence-electron chi connectivity index (χ4n) is 2.67. The molecule has 0 spiro atoms. The number of esters is 1. The summed E-state index contributed by atoms with van der Waals surface area (Å²) in [4.78, 5) is 25.5. The Labute approximate surface area is 148 Å². The second kappa shape index (κ2) is 8.46. The van der Waals surface area contributed by atoms with Crippen LogP contribution in [0.5, 0.6) is 0 Å². The van der Waals surface area contributed by atoms with Crippen LogP contribution < -0.4 is 0 Å². The third-order valence-corrected chi connectivity index (χ3v) is 4.16. The van der Waals surface area contributed by atoms with E-state index in [0.29, 0.717) is 31.4 Å². The third-order valence-electron chi connectivity index (χ3n) is 4.16. The Morgan fingerprint density at radius 1 is 1.24 bits per heavy atom. The SMILES string of the molecule is CCc1c(C(=O)N(C)CCCC(=O)OC)cnn1-c1ccc(C)cc1. The van der Waals surface area contributed by atoms with Gasteiger partial charge in [0.15, 0.2) is 0 Å². The van der Waals surface area contributed by atoms with Crippen molar-refractivity contribution in [2.75, 3.05) is 20.7 Å². The van der Waals surface area contributed by atoms with Crippen LogP contribution in [0.15, 0.2) is 30.5 Å². The zero-order valence-electron chi connectivity index (χ0n) is 15.3. The summed E-state index contributed by atoms with van der Waals surface area (Å²) in [5.74, 6) is -0.345. The predicted molar refractivity (Wildman–Crippen MR) is 95.9 cm³/mol. The maximum Gasteiger partial charge on any atom is 0.305 e. The van der Waals surface area contributed by atoms with Gasteiger partial charge in [0.05, 0.1) is 30.3 Å². The Hall–Kier alpha value is -2.63. The first kappa shape index (κ1) is 18.7. The fourth-order valence-corrected chi connectivity index (χ4v) is 2.67. The second-order valence-corrected chi connectivity index (χ2v) is 6.01. The van der Waals surface area contributed by atoms with Crippen LogP contribution in [-0.4, -0.2) is 47.3 Å². The summed E-state index contributed by atoms with van der Waals surface area (Å²) in [5.41, 5.74) is 3.60. The van der Waals surface area contributed by atoms with Crippen molar-refractivity contribution in [3.8, 4) is 5.69 Å². The highest BCUT2D eigenvalue weighted by atomic mass is 16.5. The Morgan fingerprint density at radius 2 is 1.92 bits per heavy atom. The molecule has 0 radical (unpaired) electrons. The molecule has 6 heteroatoms. The van der Waals surface area contributed by atoms with Gasteiger partial charge >= 0.3 is 5.97 Å². The zero-order valence-corrected chi connectivity index (χ0v) is 15.3. The average Bonchev–Trinajstić information content (AvgIpc) is 3.05. The third kappa shape index (κ3) is 4.47. The molecule has 0 aliphatic rings. The predicted octanol–water partition coefficient (Wildman–Crippen LogP) is 2.77.